The highest BCUT2D eigenvalue weighted by atomic mass is 16.5. The normalized spacial score (nSPS) is 19.8. The number of ether oxygens (including phenoxy) is 1. The molecule has 0 radical (unpaired) electrons. The van der Waals surface area contributed by atoms with Crippen LogP contribution in [0.3, 0.4) is 0 Å². The summed E-state index contributed by atoms with van der Waals surface area (Å²) in [7, 11) is 1.85. The fourth-order valence-electron chi connectivity index (χ4n) is 4.85. The van der Waals surface area contributed by atoms with Gasteiger partial charge in [0.1, 0.15) is 12.7 Å². The lowest BCUT2D eigenvalue weighted by molar-refractivity contribution is -0.0352. The molecule has 0 spiro atoms. The number of morpholine rings is 1. The molecule has 168 valence electrons. The van der Waals surface area contributed by atoms with Gasteiger partial charge < -0.3 is 15.4 Å². The molecule has 2 aromatic rings. The lowest BCUT2D eigenvalue weighted by Crippen LogP contribution is -2.60. The number of aromatic nitrogens is 3. The lowest BCUT2D eigenvalue weighted by Gasteiger charge is -2.48. The smallest absolute Gasteiger partial charge is 0.191 e. The molecule has 1 saturated carbocycles. The van der Waals surface area contributed by atoms with Crippen molar-refractivity contribution < 1.29 is 4.74 Å². The quantitative estimate of drug-likeness (QED) is 0.522. The molecule has 31 heavy (non-hydrogen) atoms. The Hall–Kier alpha value is -2.45. The van der Waals surface area contributed by atoms with Crippen molar-refractivity contribution in [3.63, 3.8) is 0 Å². The first-order valence-corrected chi connectivity index (χ1v) is 11.4. The average molecular weight is 426 g/mol. The first kappa shape index (κ1) is 21.8. The minimum atomic E-state index is 0.220. The van der Waals surface area contributed by atoms with E-state index in [4.69, 9.17) is 4.74 Å². The molecule has 1 aromatic heterocycles. The third-order valence-electron chi connectivity index (χ3n) is 6.54. The maximum Gasteiger partial charge on any atom is 0.191 e. The van der Waals surface area contributed by atoms with Crippen molar-refractivity contribution in [3.8, 4) is 0 Å². The number of aliphatic imine (C=N–C) groups is 1. The molecular weight excluding hydrogens is 390 g/mol. The Kier molecular flexibility index (Phi) is 7.53. The fourth-order valence-corrected chi connectivity index (χ4v) is 4.85. The topological polar surface area (TPSA) is 79.6 Å². The summed E-state index contributed by atoms with van der Waals surface area (Å²) in [6, 6.07) is 8.56. The Morgan fingerprint density at radius 2 is 1.94 bits per heavy atom. The summed E-state index contributed by atoms with van der Waals surface area (Å²) in [5.41, 5.74) is 2.65. The van der Waals surface area contributed by atoms with E-state index in [9.17, 15) is 0 Å². The molecule has 4 rings (SSSR count). The fraction of sp³-hybridized carbons (Fsp3) is 0.609. The summed E-state index contributed by atoms with van der Waals surface area (Å²) in [5, 5.41) is 11.3. The Morgan fingerprint density at radius 3 is 2.68 bits per heavy atom. The van der Waals surface area contributed by atoms with Crippen LogP contribution in [0.25, 0.3) is 0 Å². The van der Waals surface area contributed by atoms with E-state index in [2.05, 4.69) is 54.9 Å². The number of rotatable bonds is 7. The van der Waals surface area contributed by atoms with Gasteiger partial charge in [-0.1, -0.05) is 43.5 Å². The highest BCUT2D eigenvalue weighted by molar-refractivity contribution is 5.79. The molecule has 8 nitrogen and oxygen atoms in total. The van der Waals surface area contributed by atoms with Crippen LogP contribution in [0.5, 0.6) is 0 Å². The Balaban J connectivity index is 1.33. The van der Waals surface area contributed by atoms with E-state index in [-0.39, 0.29) is 5.54 Å². The average Bonchev–Trinajstić information content (AvgIpc) is 3.34. The van der Waals surface area contributed by atoms with Gasteiger partial charge in [0.2, 0.25) is 0 Å². The van der Waals surface area contributed by atoms with Gasteiger partial charge in [-0.25, -0.2) is 9.67 Å². The van der Waals surface area contributed by atoms with Gasteiger partial charge in [-0.2, -0.15) is 5.10 Å². The van der Waals surface area contributed by atoms with Gasteiger partial charge in [-0.15, -0.1) is 0 Å². The van der Waals surface area contributed by atoms with Gasteiger partial charge in [0.15, 0.2) is 5.96 Å². The van der Waals surface area contributed by atoms with E-state index in [1.165, 1.54) is 43.2 Å². The van der Waals surface area contributed by atoms with Crippen LogP contribution in [0.4, 0.5) is 0 Å². The molecular formula is C23H35N7O. The molecule has 2 heterocycles. The predicted molar refractivity (Wildman–Crippen MR) is 122 cm³/mol. The molecule has 0 amide bonds. The van der Waals surface area contributed by atoms with E-state index in [0.29, 0.717) is 0 Å². The van der Waals surface area contributed by atoms with Crippen molar-refractivity contribution >= 4 is 5.96 Å². The minimum Gasteiger partial charge on any atom is -0.379 e. The molecule has 1 saturated heterocycles. The van der Waals surface area contributed by atoms with E-state index in [0.717, 1.165) is 51.9 Å². The zero-order valence-corrected chi connectivity index (χ0v) is 18.6. The highest BCUT2D eigenvalue weighted by Crippen LogP contribution is 2.33. The number of hydrogen-bond donors (Lipinski definition) is 2. The maximum atomic E-state index is 5.61. The SMILES string of the molecule is CN=C(NCc1cccc(Cn2cncn2)c1)NCC1(N2CCOCC2)CCCCC1. The third-order valence-corrected chi connectivity index (χ3v) is 6.54. The molecule has 2 N–H and O–H groups in total. The van der Waals surface area contributed by atoms with Crippen LogP contribution in [-0.2, 0) is 17.8 Å². The van der Waals surface area contributed by atoms with Crippen LogP contribution < -0.4 is 10.6 Å². The summed E-state index contributed by atoms with van der Waals surface area (Å²) in [6.45, 7) is 6.15. The van der Waals surface area contributed by atoms with E-state index < -0.39 is 0 Å². The van der Waals surface area contributed by atoms with Gasteiger partial charge in [0.25, 0.3) is 0 Å². The maximum absolute atomic E-state index is 5.61. The standard InChI is InChI=1S/C23H35N7O/c1-24-22(26-15-20-6-5-7-21(14-20)16-30-19-25-18-28-30)27-17-23(8-3-2-4-9-23)29-10-12-31-13-11-29/h5-7,14,18-19H,2-4,8-13,15-17H2,1H3,(H2,24,26,27). The van der Waals surface area contributed by atoms with E-state index >= 15 is 0 Å². The van der Waals surface area contributed by atoms with Crippen molar-refractivity contribution in [1.82, 2.24) is 30.3 Å². The lowest BCUT2D eigenvalue weighted by atomic mass is 9.80. The molecule has 0 atom stereocenters. The molecule has 8 heteroatoms. The largest absolute Gasteiger partial charge is 0.379 e. The summed E-state index contributed by atoms with van der Waals surface area (Å²) >= 11 is 0. The van der Waals surface area contributed by atoms with Gasteiger partial charge in [-0.3, -0.25) is 9.89 Å². The van der Waals surface area contributed by atoms with Crippen LogP contribution in [0.2, 0.25) is 0 Å². The molecule has 1 aliphatic carbocycles. The number of nitrogens with one attached hydrogen (secondary N) is 2. The summed E-state index contributed by atoms with van der Waals surface area (Å²) in [5.74, 6) is 0.861. The molecule has 2 fully saturated rings. The summed E-state index contributed by atoms with van der Waals surface area (Å²) in [6.07, 6.45) is 9.78. The highest BCUT2D eigenvalue weighted by Gasteiger charge is 2.38. The molecule has 1 aliphatic heterocycles. The number of nitrogens with zero attached hydrogens (tertiary/aromatic N) is 5. The van der Waals surface area contributed by atoms with Gasteiger partial charge in [-0.05, 0) is 24.0 Å². The third kappa shape index (κ3) is 5.83. The Labute approximate surface area is 185 Å². The van der Waals surface area contributed by atoms with Crippen molar-refractivity contribution in [2.45, 2.75) is 50.7 Å². The second-order valence-electron chi connectivity index (χ2n) is 8.58. The number of guanidine groups is 1. The van der Waals surface area contributed by atoms with Gasteiger partial charge in [0, 0.05) is 38.8 Å². The van der Waals surface area contributed by atoms with Crippen molar-refractivity contribution in [2.24, 2.45) is 4.99 Å². The van der Waals surface area contributed by atoms with Crippen LogP contribution in [-0.4, -0.2) is 71.1 Å². The monoisotopic (exact) mass is 425 g/mol. The Morgan fingerprint density at radius 1 is 1.13 bits per heavy atom. The molecule has 0 unspecified atom stereocenters. The molecule has 0 bridgehead atoms. The molecule has 1 aromatic carbocycles. The number of benzene rings is 1. The van der Waals surface area contributed by atoms with Crippen molar-refractivity contribution in [3.05, 3.63) is 48.0 Å². The van der Waals surface area contributed by atoms with Crippen molar-refractivity contribution in [2.75, 3.05) is 39.9 Å². The zero-order valence-electron chi connectivity index (χ0n) is 18.6. The summed E-state index contributed by atoms with van der Waals surface area (Å²) in [4.78, 5) is 11.1. The molecule has 2 aliphatic rings. The second-order valence-corrected chi connectivity index (χ2v) is 8.58. The van der Waals surface area contributed by atoms with Gasteiger partial charge >= 0.3 is 0 Å². The Bertz CT molecular complexity index is 824. The van der Waals surface area contributed by atoms with Crippen molar-refractivity contribution in [1.29, 1.82) is 0 Å². The van der Waals surface area contributed by atoms with E-state index in [1.54, 1.807) is 12.7 Å². The zero-order chi connectivity index (χ0) is 21.4. The number of hydrogen-bond acceptors (Lipinski definition) is 5. The van der Waals surface area contributed by atoms with Crippen LogP contribution in [0.15, 0.2) is 41.9 Å². The predicted octanol–water partition coefficient (Wildman–Crippen LogP) is 2.03. The summed E-state index contributed by atoms with van der Waals surface area (Å²) < 4.78 is 7.44. The first-order valence-electron chi connectivity index (χ1n) is 11.4. The van der Waals surface area contributed by atoms with E-state index in [1.807, 2.05) is 11.7 Å². The van der Waals surface area contributed by atoms with Gasteiger partial charge in [0.05, 0.1) is 19.8 Å². The first-order chi connectivity index (χ1) is 15.3. The second kappa shape index (κ2) is 10.7. The minimum absolute atomic E-state index is 0.220. The van der Waals surface area contributed by atoms with Crippen LogP contribution in [0.1, 0.15) is 43.2 Å². The van der Waals surface area contributed by atoms with Crippen LogP contribution >= 0.6 is 0 Å². The van der Waals surface area contributed by atoms with Crippen LogP contribution in [0, 0.1) is 0 Å².